The minimum absolute atomic E-state index is 0.0310. The molecule has 0 aromatic heterocycles. The highest BCUT2D eigenvalue weighted by atomic mass is 16.1. The lowest BCUT2D eigenvalue weighted by molar-refractivity contribution is 0.100. The Labute approximate surface area is 76.1 Å². The van der Waals surface area contributed by atoms with E-state index >= 15 is 0 Å². The minimum atomic E-state index is -0.0310. The third-order valence-electron chi connectivity index (χ3n) is 2.08. The fourth-order valence-electron chi connectivity index (χ4n) is 1.37. The number of anilines is 2. The normalized spacial score (nSPS) is 13.0. The number of carbonyl (C=O) groups excluding carboxylic acids is 1. The quantitative estimate of drug-likeness (QED) is 0.579. The van der Waals surface area contributed by atoms with Crippen LogP contribution >= 0.6 is 0 Å². The van der Waals surface area contributed by atoms with E-state index in [2.05, 4.69) is 10.6 Å². The van der Waals surface area contributed by atoms with Crippen molar-refractivity contribution in [3.63, 3.8) is 0 Å². The van der Waals surface area contributed by atoms with Crippen LogP contribution in [0.25, 0.3) is 0 Å². The lowest BCUT2D eigenvalue weighted by Gasteiger charge is -2.01. The lowest BCUT2D eigenvalue weighted by atomic mass is 10.1. The van der Waals surface area contributed by atoms with Crippen molar-refractivity contribution in [2.24, 2.45) is 5.73 Å². The molecule has 0 fully saturated rings. The van der Waals surface area contributed by atoms with Crippen LogP contribution in [0.3, 0.4) is 0 Å². The molecule has 2 rings (SSSR count). The molecule has 13 heavy (non-hydrogen) atoms. The monoisotopic (exact) mass is 177 g/mol. The predicted molar refractivity (Wildman–Crippen MR) is 51.9 cm³/mol. The van der Waals surface area contributed by atoms with Gasteiger partial charge < -0.3 is 16.4 Å². The van der Waals surface area contributed by atoms with Crippen LogP contribution in [0.15, 0.2) is 18.2 Å². The second-order valence-corrected chi connectivity index (χ2v) is 2.92. The van der Waals surface area contributed by atoms with Crippen molar-refractivity contribution in [2.45, 2.75) is 0 Å². The van der Waals surface area contributed by atoms with Crippen molar-refractivity contribution in [1.29, 1.82) is 0 Å². The number of fused-ring (bicyclic) bond motifs is 1. The number of ketones is 1. The third-order valence-corrected chi connectivity index (χ3v) is 2.08. The summed E-state index contributed by atoms with van der Waals surface area (Å²) in [4.78, 5) is 11.2. The molecule has 0 spiro atoms. The predicted octanol–water partition coefficient (Wildman–Crippen LogP) is 0.623. The number of benzene rings is 1. The fourth-order valence-corrected chi connectivity index (χ4v) is 1.37. The van der Waals surface area contributed by atoms with Crippen LogP contribution in [0.4, 0.5) is 11.4 Å². The summed E-state index contributed by atoms with van der Waals surface area (Å²) in [6, 6.07) is 5.50. The Morgan fingerprint density at radius 1 is 1.38 bits per heavy atom. The summed E-state index contributed by atoms with van der Waals surface area (Å²) < 4.78 is 0. The number of hydrogen-bond donors (Lipinski definition) is 3. The number of rotatable bonds is 2. The van der Waals surface area contributed by atoms with Gasteiger partial charge >= 0.3 is 0 Å². The molecule has 0 saturated heterocycles. The molecule has 0 unspecified atom stereocenters. The van der Waals surface area contributed by atoms with E-state index in [0.29, 0.717) is 5.56 Å². The van der Waals surface area contributed by atoms with E-state index in [0.717, 1.165) is 18.0 Å². The van der Waals surface area contributed by atoms with Crippen molar-refractivity contribution in [3.05, 3.63) is 23.8 Å². The van der Waals surface area contributed by atoms with Gasteiger partial charge in [-0.25, -0.2) is 0 Å². The van der Waals surface area contributed by atoms with E-state index in [9.17, 15) is 4.79 Å². The smallest absolute Gasteiger partial charge is 0.176 e. The highest BCUT2D eigenvalue weighted by molar-refractivity contribution is 5.99. The number of Topliss-reactive ketones (excluding diaryl/α,β-unsaturated/α-hetero) is 1. The Balaban J connectivity index is 2.36. The zero-order valence-electron chi connectivity index (χ0n) is 7.13. The summed E-state index contributed by atoms with van der Waals surface area (Å²) in [5.74, 6) is -0.0310. The standard InChI is InChI=1S/C9H11N3O/c10-4-9(13)6-1-2-7-8(3-6)12-5-11-7/h1-3,11-12H,4-5,10H2. The van der Waals surface area contributed by atoms with Gasteiger partial charge in [-0.2, -0.15) is 0 Å². The van der Waals surface area contributed by atoms with Crippen molar-refractivity contribution in [3.8, 4) is 0 Å². The molecule has 0 atom stereocenters. The van der Waals surface area contributed by atoms with Crippen LogP contribution < -0.4 is 16.4 Å². The molecule has 4 N–H and O–H groups in total. The van der Waals surface area contributed by atoms with Crippen LogP contribution in [0.5, 0.6) is 0 Å². The van der Waals surface area contributed by atoms with Gasteiger partial charge in [-0.15, -0.1) is 0 Å². The number of carbonyl (C=O) groups is 1. The van der Waals surface area contributed by atoms with Gasteiger partial charge in [-0.05, 0) is 18.2 Å². The lowest BCUT2D eigenvalue weighted by Crippen LogP contribution is -2.13. The van der Waals surface area contributed by atoms with Crippen molar-refractivity contribution >= 4 is 17.2 Å². The molecular weight excluding hydrogens is 166 g/mol. The van der Waals surface area contributed by atoms with Gasteiger partial charge in [0.1, 0.15) is 0 Å². The molecule has 0 bridgehead atoms. The number of hydrogen-bond acceptors (Lipinski definition) is 4. The first-order chi connectivity index (χ1) is 6.31. The summed E-state index contributed by atoms with van der Waals surface area (Å²) in [6.07, 6.45) is 0. The summed E-state index contributed by atoms with van der Waals surface area (Å²) in [5.41, 5.74) is 7.94. The van der Waals surface area contributed by atoms with Gasteiger partial charge in [0.25, 0.3) is 0 Å². The molecular formula is C9H11N3O. The summed E-state index contributed by atoms with van der Waals surface area (Å²) in [7, 11) is 0. The molecule has 0 radical (unpaired) electrons. The Morgan fingerprint density at radius 2 is 2.15 bits per heavy atom. The molecule has 68 valence electrons. The van der Waals surface area contributed by atoms with E-state index in [1.165, 1.54) is 0 Å². The van der Waals surface area contributed by atoms with Crippen LogP contribution in [0.2, 0.25) is 0 Å². The van der Waals surface area contributed by atoms with E-state index < -0.39 is 0 Å². The Morgan fingerprint density at radius 3 is 2.92 bits per heavy atom. The summed E-state index contributed by atoms with van der Waals surface area (Å²) in [5, 5.41) is 6.25. The molecule has 1 aliphatic rings. The topological polar surface area (TPSA) is 67.2 Å². The molecule has 1 aliphatic heterocycles. The van der Waals surface area contributed by atoms with Crippen LogP contribution in [-0.2, 0) is 0 Å². The zero-order chi connectivity index (χ0) is 9.26. The van der Waals surface area contributed by atoms with Gasteiger partial charge in [0, 0.05) is 5.56 Å². The van der Waals surface area contributed by atoms with Crippen molar-refractivity contribution in [1.82, 2.24) is 0 Å². The largest absolute Gasteiger partial charge is 0.366 e. The average molecular weight is 177 g/mol. The first kappa shape index (κ1) is 8.07. The molecule has 1 aromatic rings. The summed E-state index contributed by atoms with van der Waals surface area (Å²) in [6.45, 7) is 0.780. The van der Waals surface area contributed by atoms with Crippen LogP contribution in [0.1, 0.15) is 10.4 Å². The van der Waals surface area contributed by atoms with Gasteiger partial charge in [0.05, 0.1) is 24.6 Å². The SMILES string of the molecule is NCC(=O)c1ccc2c(c1)NCN2. The molecule has 0 aliphatic carbocycles. The zero-order valence-corrected chi connectivity index (χ0v) is 7.13. The molecule has 4 heteroatoms. The highest BCUT2D eigenvalue weighted by Crippen LogP contribution is 2.26. The van der Waals surface area contributed by atoms with Gasteiger partial charge in [-0.3, -0.25) is 4.79 Å². The molecule has 4 nitrogen and oxygen atoms in total. The van der Waals surface area contributed by atoms with Gasteiger partial charge in [-0.1, -0.05) is 0 Å². The van der Waals surface area contributed by atoms with Crippen LogP contribution in [0, 0.1) is 0 Å². The van der Waals surface area contributed by atoms with E-state index in [-0.39, 0.29) is 12.3 Å². The van der Waals surface area contributed by atoms with Gasteiger partial charge in [0.2, 0.25) is 0 Å². The second-order valence-electron chi connectivity index (χ2n) is 2.92. The second kappa shape index (κ2) is 3.06. The molecule has 1 heterocycles. The maximum atomic E-state index is 11.2. The highest BCUT2D eigenvalue weighted by Gasteiger charge is 2.11. The maximum absolute atomic E-state index is 11.2. The Bertz CT molecular complexity index is 349. The Hall–Kier alpha value is -1.55. The average Bonchev–Trinajstić information content (AvgIpc) is 2.63. The number of nitrogens with two attached hydrogens (primary N) is 1. The molecule has 0 saturated carbocycles. The first-order valence-electron chi connectivity index (χ1n) is 4.16. The maximum Gasteiger partial charge on any atom is 0.176 e. The number of nitrogens with one attached hydrogen (secondary N) is 2. The van der Waals surface area contributed by atoms with Crippen molar-refractivity contribution < 1.29 is 4.79 Å². The van der Waals surface area contributed by atoms with E-state index in [4.69, 9.17) is 5.73 Å². The Kier molecular flexibility index (Phi) is 1.90. The summed E-state index contributed by atoms with van der Waals surface area (Å²) >= 11 is 0. The van der Waals surface area contributed by atoms with E-state index in [1.807, 2.05) is 12.1 Å². The minimum Gasteiger partial charge on any atom is -0.366 e. The van der Waals surface area contributed by atoms with E-state index in [1.54, 1.807) is 6.07 Å². The van der Waals surface area contributed by atoms with Gasteiger partial charge in [0.15, 0.2) is 5.78 Å². The third kappa shape index (κ3) is 1.36. The molecule has 1 aromatic carbocycles. The van der Waals surface area contributed by atoms with Crippen molar-refractivity contribution in [2.75, 3.05) is 23.8 Å². The fraction of sp³-hybridized carbons (Fsp3) is 0.222. The first-order valence-corrected chi connectivity index (χ1v) is 4.16. The van der Waals surface area contributed by atoms with Crippen LogP contribution in [-0.4, -0.2) is 19.0 Å². The molecule has 0 amide bonds.